The molecular formula is C13H10ClIN2S. The fraction of sp³-hybridized carbons (Fsp3) is 0. The summed E-state index contributed by atoms with van der Waals surface area (Å²) in [4.78, 5) is 0.397. The molecule has 0 heterocycles. The van der Waals surface area contributed by atoms with Gasteiger partial charge in [0.1, 0.15) is 4.99 Å². The summed E-state index contributed by atoms with van der Waals surface area (Å²) < 4.78 is 1.12. The molecule has 0 saturated heterocycles. The highest BCUT2D eigenvalue weighted by atomic mass is 127. The summed E-state index contributed by atoms with van der Waals surface area (Å²) in [6.07, 6.45) is 0. The quantitative estimate of drug-likeness (QED) is 0.607. The summed E-state index contributed by atoms with van der Waals surface area (Å²) in [6, 6.07) is 13.4. The fourth-order valence-corrected chi connectivity index (χ4v) is 2.26. The van der Waals surface area contributed by atoms with Crippen LogP contribution in [-0.4, -0.2) is 4.99 Å². The van der Waals surface area contributed by atoms with Crippen molar-refractivity contribution in [2.24, 2.45) is 5.73 Å². The summed E-state index contributed by atoms with van der Waals surface area (Å²) >= 11 is 13.3. The van der Waals surface area contributed by atoms with Crippen molar-refractivity contribution in [1.82, 2.24) is 0 Å². The van der Waals surface area contributed by atoms with Crippen molar-refractivity contribution >= 4 is 62.8 Å². The summed E-state index contributed by atoms with van der Waals surface area (Å²) in [5, 5.41) is 3.95. The average molecular weight is 389 g/mol. The number of benzene rings is 2. The van der Waals surface area contributed by atoms with E-state index in [0.717, 1.165) is 20.5 Å². The van der Waals surface area contributed by atoms with Gasteiger partial charge < -0.3 is 11.1 Å². The normalized spacial score (nSPS) is 10.1. The van der Waals surface area contributed by atoms with Gasteiger partial charge in [0, 0.05) is 14.8 Å². The van der Waals surface area contributed by atoms with Crippen molar-refractivity contribution in [2.75, 3.05) is 5.32 Å². The number of hydrogen-bond donors (Lipinski definition) is 2. The Morgan fingerprint density at radius 1 is 1.17 bits per heavy atom. The van der Waals surface area contributed by atoms with Crippen LogP contribution in [0.2, 0.25) is 5.02 Å². The minimum atomic E-state index is 0.397. The monoisotopic (exact) mass is 388 g/mol. The van der Waals surface area contributed by atoms with Gasteiger partial charge in [-0.3, -0.25) is 0 Å². The molecule has 2 aromatic rings. The molecule has 0 bridgehead atoms. The number of thiocarbonyl (C=S) groups is 1. The van der Waals surface area contributed by atoms with Gasteiger partial charge in [-0.25, -0.2) is 0 Å². The molecule has 0 aliphatic rings. The maximum atomic E-state index is 6.12. The van der Waals surface area contributed by atoms with Crippen LogP contribution in [0.15, 0.2) is 42.5 Å². The number of hydrogen-bond acceptors (Lipinski definition) is 2. The number of nitrogens with two attached hydrogens (primary N) is 1. The lowest BCUT2D eigenvalue weighted by molar-refractivity contribution is 1.52. The zero-order valence-corrected chi connectivity index (χ0v) is 13.0. The lowest BCUT2D eigenvalue weighted by Crippen LogP contribution is -2.08. The van der Waals surface area contributed by atoms with Crippen LogP contribution in [0.1, 0.15) is 5.56 Å². The first-order valence-electron chi connectivity index (χ1n) is 5.18. The Morgan fingerprint density at radius 2 is 1.83 bits per heavy atom. The van der Waals surface area contributed by atoms with Crippen LogP contribution < -0.4 is 11.1 Å². The molecule has 0 aliphatic heterocycles. The van der Waals surface area contributed by atoms with Crippen LogP contribution in [0.4, 0.5) is 11.4 Å². The molecule has 18 heavy (non-hydrogen) atoms. The van der Waals surface area contributed by atoms with Gasteiger partial charge in [0.15, 0.2) is 0 Å². The molecule has 0 atom stereocenters. The predicted molar refractivity (Wildman–Crippen MR) is 89.8 cm³/mol. The summed E-state index contributed by atoms with van der Waals surface area (Å²) in [6.45, 7) is 0. The highest BCUT2D eigenvalue weighted by Crippen LogP contribution is 2.27. The van der Waals surface area contributed by atoms with Gasteiger partial charge in [-0.2, -0.15) is 0 Å². The zero-order valence-electron chi connectivity index (χ0n) is 9.28. The van der Waals surface area contributed by atoms with Gasteiger partial charge in [-0.05, 0) is 65.1 Å². The predicted octanol–water partition coefficient (Wildman–Crippen LogP) is 4.32. The summed E-state index contributed by atoms with van der Waals surface area (Å²) in [5.41, 5.74) is 8.23. The Bertz CT molecular complexity index is 584. The second kappa shape index (κ2) is 5.86. The van der Waals surface area contributed by atoms with Crippen molar-refractivity contribution in [1.29, 1.82) is 0 Å². The van der Waals surface area contributed by atoms with Crippen LogP contribution in [0.3, 0.4) is 0 Å². The van der Waals surface area contributed by atoms with E-state index in [1.54, 1.807) is 0 Å². The minimum Gasteiger partial charge on any atom is -0.389 e. The maximum absolute atomic E-state index is 6.12. The van der Waals surface area contributed by atoms with Crippen LogP contribution in [0.5, 0.6) is 0 Å². The van der Waals surface area contributed by atoms with Gasteiger partial charge in [-0.1, -0.05) is 23.8 Å². The minimum absolute atomic E-state index is 0.397. The Hall–Kier alpha value is -0.850. The van der Waals surface area contributed by atoms with E-state index < -0.39 is 0 Å². The smallest absolute Gasteiger partial charge is 0.103 e. The van der Waals surface area contributed by atoms with E-state index in [1.807, 2.05) is 42.5 Å². The molecule has 2 rings (SSSR count). The van der Waals surface area contributed by atoms with Gasteiger partial charge in [0.05, 0.1) is 10.7 Å². The van der Waals surface area contributed by atoms with Crippen LogP contribution in [0.25, 0.3) is 0 Å². The number of halogens is 2. The van der Waals surface area contributed by atoms with Gasteiger partial charge in [0.2, 0.25) is 0 Å². The highest BCUT2D eigenvalue weighted by molar-refractivity contribution is 14.1. The number of nitrogens with one attached hydrogen (secondary N) is 1. The second-order valence-electron chi connectivity index (χ2n) is 3.69. The van der Waals surface area contributed by atoms with E-state index in [9.17, 15) is 0 Å². The molecule has 0 saturated carbocycles. The van der Waals surface area contributed by atoms with E-state index in [0.29, 0.717) is 10.0 Å². The Labute approximate surface area is 130 Å². The SMILES string of the molecule is NC(=S)c1ccc(Nc2cc(I)ccc2Cl)cc1. The largest absolute Gasteiger partial charge is 0.389 e. The fourth-order valence-electron chi connectivity index (χ4n) is 1.47. The second-order valence-corrected chi connectivity index (χ2v) is 5.78. The van der Waals surface area contributed by atoms with Gasteiger partial charge in [0.25, 0.3) is 0 Å². The Balaban J connectivity index is 2.23. The molecule has 0 radical (unpaired) electrons. The third-order valence-electron chi connectivity index (χ3n) is 2.38. The van der Waals surface area contributed by atoms with Crippen molar-refractivity contribution in [3.05, 3.63) is 56.6 Å². The van der Waals surface area contributed by atoms with E-state index in [2.05, 4.69) is 27.9 Å². The van der Waals surface area contributed by atoms with Crippen molar-refractivity contribution < 1.29 is 0 Å². The third kappa shape index (κ3) is 3.34. The first-order chi connectivity index (χ1) is 8.56. The van der Waals surface area contributed by atoms with Gasteiger partial charge >= 0.3 is 0 Å². The molecule has 0 fully saturated rings. The van der Waals surface area contributed by atoms with Crippen LogP contribution >= 0.6 is 46.4 Å². The van der Waals surface area contributed by atoms with Crippen LogP contribution in [-0.2, 0) is 0 Å². The topological polar surface area (TPSA) is 38.0 Å². The van der Waals surface area contributed by atoms with Crippen molar-refractivity contribution in [2.45, 2.75) is 0 Å². The first kappa shape index (κ1) is 13.6. The van der Waals surface area contributed by atoms with E-state index in [4.69, 9.17) is 29.6 Å². The molecule has 2 aromatic carbocycles. The highest BCUT2D eigenvalue weighted by Gasteiger charge is 2.02. The lowest BCUT2D eigenvalue weighted by atomic mass is 10.2. The molecule has 3 N–H and O–H groups in total. The van der Waals surface area contributed by atoms with Crippen molar-refractivity contribution in [3.8, 4) is 0 Å². The number of anilines is 2. The lowest BCUT2D eigenvalue weighted by Gasteiger charge is -2.09. The van der Waals surface area contributed by atoms with Crippen LogP contribution in [0, 0.1) is 3.57 Å². The maximum Gasteiger partial charge on any atom is 0.103 e. The van der Waals surface area contributed by atoms with E-state index >= 15 is 0 Å². The zero-order chi connectivity index (χ0) is 13.1. The molecule has 0 aliphatic carbocycles. The Morgan fingerprint density at radius 3 is 2.44 bits per heavy atom. The van der Waals surface area contributed by atoms with E-state index in [1.165, 1.54) is 0 Å². The molecular weight excluding hydrogens is 379 g/mol. The molecule has 5 heteroatoms. The molecule has 0 unspecified atom stereocenters. The average Bonchev–Trinajstić information content (AvgIpc) is 2.34. The van der Waals surface area contributed by atoms with E-state index in [-0.39, 0.29) is 0 Å². The Kier molecular flexibility index (Phi) is 4.42. The molecule has 92 valence electrons. The third-order valence-corrected chi connectivity index (χ3v) is 3.61. The van der Waals surface area contributed by atoms with Gasteiger partial charge in [-0.15, -0.1) is 0 Å². The molecule has 0 amide bonds. The van der Waals surface area contributed by atoms with Crippen molar-refractivity contribution in [3.63, 3.8) is 0 Å². The molecule has 0 spiro atoms. The number of rotatable bonds is 3. The summed E-state index contributed by atoms with van der Waals surface area (Å²) in [7, 11) is 0. The summed E-state index contributed by atoms with van der Waals surface area (Å²) in [5.74, 6) is 0. The molecule has 0 aromatic heterocycles. The standard InChI is InChI=1S/C13H10ClIN2S/c14-11-6-3-9(15)7-12(11)17-10-4-1-8(2-5-10)13(16)18/h1-7,17H,(H2,16,18). The first-order valence-corrected chi connectivity index (χ1v) is 7.05. The molecule has 2 nitrogen and oxygen atoms in total.